The number of ether oxygens (including phenoxy) is 1. The number of carbonyl (C=O) groups is 1. The second-order valence-electron chi connectivity index (χ2n) is 6.35. The molecule has 0 spiro atoms. The average Bonchev–Trinajstić information content (AvgIpc) is 3.11. The van der Waals surface area contributed by atoms with Crippen molar-refractivity contribution in [3.05, 3.63) is 48.5 Å². The molecule has 6 nitrogen and oxygen atoms in total. The number of amides is 1. The molecular formula is C18H26Cl2N4O2. The van der Waals surface area contributed by atoms with Crippen LogP contribution in [0.4, 0.5) is 0 Å². The Kier molecular flexibility index (Phi) is 9.08. The molecule has 0 radical (unpaired) electrons. The van der Waals surface area contributed by atoms with E-state index in [2.05, 4.69) is 15.6 Å². The van der Waals surface area contributed by atoms with Crippen LogP contribution in [-0.4, -0.2) is 48.8 Å². The van der Waals surface area contributed by atoms with Gasteiger partial charge in [-0.1, -0.05) is 18.2 Å². The third-order valence-electron chi connectivity index (χ3n) is 4.64. The van der Waals surface area contributed by atoms with E-state index in [4.69, 9.17) is 4.74 Å². The molecule has 2 N–H and O–H groups in total. The van der Waals surface area contributed by atoms with Crippen LogP contribution in [0.2, 0.25) is 0 Å². The minimum Gasteiger partial charge on any atom is -0.384 e. The highest BCUT2D eigenvalue weighted by Crippen LogP contribution is 2.28. The summed E-state index contributed by atoms with van der Waals surface area (Å²) in [6.45, 7) is 3.19. The van der Waals surface area contributed by atoms with Crippen LogP contribution in [0.1, 0.15) is 23.3 Å². The number of benzene rings is 1. The maximum atomic E-state index is 12.7. The van der Waals surface area contributed by atoms with Crippen LogP contribution < -0.4 is 10.6 Å². The molecule has 1 aliphatic rings. The second-order valence-corrected chi connectivity index (χ2v) is 6.35. The van der Waals surface area contributed by atoms with E-state index in [0.29, 0.717) is 18.8 Å². The Morgan fingerprint density at radius 2 is 1.96 bits per heavy atom. The molecule has 3 rings (SSSR count). The predicted molar refractivity (Wildman–Crippen MR) is 107 cm³/mol. The molecule has 26 heavy (non-hydrogen) atoms. The normalized spacial score (nSPS) is 15.4. The van der Waals surface area contributed by atoms with Gasteiger partial charge in [-0.2, -0.15) is 0 Å². The van der Waals surface area contributed by atoms with E-state index in [1.54, 1.807) is 24.2 Å². The van der Waals surface area contributed by atoms with Crippen LogP contribution >= 0.6 is 24.8 Å². The molecular weight excluding hydrogens is 375 g/mol. The fourth-order valence-electron chi connectivity index (χ4n) is 3.25. The molecule has 1 saturated heterocycles. The lowest BCUT2D eigenvalue weighted by atomic mass is 9.79. The Labute approximate surface area is 166 Å². The van der Waals surface area contributed by atoms with Gasteiger partial charge in [-0.3, -0.25) is 9.36 Å². The first kappa shape index (κ1) is 22.4. The SMILES string of the molecule is COCC1(CNC(=O)c2cncn2-c2ccccc2)CCNCC1.Cl.Cl. The minimum absolute atomic E-state index is 0. The molecule has 1 aromatic heterocycles. The molecule has 0 unspecified atom stereocenters. The molecule has 0 saturated carbocycles. The van der Waals surface area contributed by atoms with E-state index in [-0.39, 0.29) is 36.1 Å². The van der Waals surface area contributed by atoms with Crippen LogP contribution in [0, 0.1) is 5.41 Å². The number of carbonyl (C=O) groups excluding carboxylic acids is 1. The van der Waals surface area contributed by atoms with Crippen molar-refractivity contribution in [2.75, 3.05) is 33.4 Å². The lowest BCUT2D eigenvalue weighted by Crippen LogP contribution is -2.47. The topological polar surface area (TPSA) is 68.2 Å². The summed E-state index contributed by atoms with van der Waals surface area (Å²) in [5.41, 5.74) is 1.48. The molecule has 0 aliphatic carbocycles. The van der Waals surface area contributed by atoms with Crippen molar-refractivity contribution in [3.63, 3.8) is 0 Å². The van der Waals surface area contributed by atoms with Crippen LogP contribution in [0.3, 0.4) is 0 Å². The van der Waals surface area contributed by atoms with Gasteiger partial charge in [0.1, 0.15) is 5.69 Å². The highest BCUT2D eigenvalue weighted by atomic mass is 35.5. The van der Waals surface area contributed by atoms with Crippen molar-refractivity contribution in [1.82, 2.24) is 20.2 Å². The standard InChI is InChI=1S/C18H24N4O2.2ClH/c1-24-13-18(7-9-19-10-8-18)12-21-17(23)16-11-20-14-22(16)15-5-3-2-4-6-15;;/h2-6,11,14,19H,7-10,12-13H2,1H3,(H,21,23);2*1H. The van der Waals surface area contributed by atoms with Gasteiger partial charge in [-0.25, -0.2) is 4.98 Å². The van der Waals surface area contributed by atoms with Crippen LogP contribution in [-0.2, 0) is 4.74 Å². The van der Waals surface area contributed by atoms with E-state index in [1.807, 2.05) is 30.3 Å². The molecule has 1 fully saturated rings. The first-order chi connectivity index (χ1) is 11.7. The monoisotopic (exact) mass is 400 g/mol. The van der Waals surface area contributed by atoms with Gasteiger partial charge in [-0.15, -0.1) is 24.8 Å². The number of para-hydroxylation sites is 1. The van der Waals surface area contributed by atoms with Crippen molar-refractivity contribution in [1.29, 1.82) is 0 Å². The van der Waals surface area contributed by atoms with Gasteiger partial charge in [0.2, 0.25) is 0 Å². The molecule has 0 atom stereocenters. The van der Waals surface area contributed by atoms with Crippen LogP contribution in [0.5, 0.6) is 0 Å². The number of hydrogen-bond acceptors (Lipinski definition) is 4. The molecule has 2 aromatic rings. The molecule has 0 bridgehead atoms. The van der Waals surface area contributed by atoms with Crippen molar-refractivity contribution >= 4 is 30.7 Å². The third-order valence-corrected chi connectivity index (χ3v) is 4.64. The molecule has 8 heteroatoms. The summed E-state index contributed by atoms with van der Waals surface area (Å²) in [5.74, 6) is -0.106. The molecule has 1 aromatic carbocycles. The number of halogens is 2. The van der Waals surface area contributed by atoms with Crippen LogP contribution in [0.15, 0.2) is 42.9 Å². The van der Waals surface area contributed by atoms with Gasteiger partial charge in [0.15, 0.2) is 0 Å². The summed E-state index contributed by atoms with van der Waals surface area (Å²) in [7, 11) is 1.72. The number of methoxy groups -OCH3 is 1. The minimum atomic E-state index is -0.106. The second kappa shape index (κ2) is 10.5. The number of hydrogen-bond donors (Lipinski definition) is 2. The maximum absolute atomic E-state index is 12.7. The Balaban J connectivity index is 0.00000169. The lowest BCUT2D eigenvalue weighted by Gasteiger charge is -2.37. The first-order valence-electron chi connectivity index (χ1n) is 8.30. The Morgan fingerprint density at radius 3 is 2.62 bits per heavy atom. The fourth-order valence-corrected chi connectivity index (χ4v) is 3.25. The van der Waals surface area contributed by atoms with E-state index in [1.165, 1.54) is 0 Å². The average molecular weight is 401 g/mol. The van der Waals surface area contributed by atoms with Crippen molar-refractivity contribution in [2.45, 2.75) is 12.8 Å². The fraction of sp³-hybridized carbons (Fsp3) is 0.444. The lowest BCUT2D eigenvalue weighted by molar-refractivity contribution is 0.0510. The highest BCUT2D eigenvalue weighted by molar-refractivity contribution is 5.93. The van der Waals surface area contributed by atoms with Gasteiger partial charge in [0.05, 0.1) is 19.1 Å². The van der Waals surface area contributed by atoms with Crippen molar-refractivity contribution in [2.24, 2.45) is 5.41 Å². The van der Waals surface area contributed by atoms with E-state index >= 15 is 0 Å². The number of aromatic nitrogens is 2. The maximum Gasteiger partial charge on any atom is 0.269 e. The number of nitrogens with one attached hydrogen (secondary N) is 2. The summed E-state index contributed by atoms with van der Waals surface area (Å²) >= 11 is 0. The zero-order chi connectivity index (χ0) is 16.8. The summed E-state index contributed by atoms with van der Waals surface area (Å²) in [6.07, 6.45) is 5.27. The third kappa shape index (κ3) is 5.20. The first-order valence-corrected chi connectivity index (χ1v) is 8.30. The number of imidazole rings is 1. The zero-order valence-corrected chi connectivity index (χ0v) is 16.4. The molecule has 1 amide bonds. The molecule has 2 heterocycles. The summed E-state index contributed by atoms with van der Waals surface area (Å²) in [5, 5.41) is 6.44. The van der Waals surface area contributed by atoms with E-state index in [0.717, 1.165) is 31.6 Å². The number of piperidine rings is 1. The number of nitrogens with zero attached hydrogens (tertiary/aromatic N) is 2. The number of rotatable bonds is 6. The van der Waals surface area contributed by atoms with Gasteiger partial charge in [-0.05, 0) is 38.1 Å². The Morgan fingerprint density at radius 1 is 1.27 bits per heavy atom. The van der Waals surface area contributed by atoms with Gasteiger partial charge in [0, 0.05) is 24.8 Å². The highest BCUT2D eigenvalue weighted by Gasteiger charge is 2.32. The van der Waals surface area contributed by atoms with E-state index < -0.39 is 0 Å². The Bertz CT molecular complexity index is 667. The smallest absolute Gasteiger partial charge is 0.269 e. The summed E-state index contributed by atoms with van der Waals surface area (Å²) < 4.78 is 7.21. The van der Waals surface area contributed by atoms with Gasteiger partial charge in [0.25, 0.3) is 5.91 Å². The predicted octanol–water partition coefficient (Wildman–Crippen LogP) is 2.46. The zero-order valence-electron chi connectivity index (χ0n) is 14.8. The van der Waals surface area contributed by atoms with Crippen molar-refractivity contribution in [3.8, 4) is 5.69 Å². The quantitative estimate of drug-likeness (QED) is 0.781. The molecule has 144 valence electrons. The van der Waals surface area contributed by atoms with E-state index in [9.17, 15) is 4.79 Å². The summed E-state index contributed by atoms with van der Waals surface area (Å²) in [4.78, 5) is 16.8. The van der Waals surface area contributed by atoms with Crippen LogP contribution in [0.25, 0.3) is 5.69 Å². The molecule has 1 aliphatic heterocycles. The van der Waals surface area contributed by atoms with Gasteiger partial charge < -0.3 is 15.4 Å². The largest absolute Gasteiger partial charge is 0.384 e. The van der Waals surface area contributed by atoms with Crippen molar-refractivity contribution < 1.29 is 9.53 Å². The van der Waals surface area contributed by atoms with Gasteiger partial charge >= 0.3 is 0 Å². The Hall–Kier alpha value is -1.60. The summed E-state index contributed by atoms with van der Waals surface area (Å²) in [6, 6.07) is 9.75.